The van der Waals surface area contributed by atoms with E-state index in [4.69, 9.17) is 11.5 Å². The molecule has 1 heterocycles. The molecule has 4 N–H and O–H groups in total. The second-order valence-electron chi connectivity index (χ2n) is 5.73. The van der Waals surface area contributed by atoms with Gasteiger partial charge in [-0.25, -0.2) is 0 Å². The number of primary amides is 1. The molecule has 4 heteroatoms. The number of nitrogens with two attached hydrogens (primary N) is 2. The normalized spacial score (nSPS) is 26.2. The van der Waals surface area contributed by atoms with E-state index in [9.17, 15) is 4.79 Å². The summed E-state index contributed by atoms with van der Waals surface area (Å²) < 4.78 is 0. The highest BCUT2D eigenvalue weighted by Gasteiger charge is 2.36. The summed E-state index contributed by atoms with van der Waals surface area (Å²) in [7, 11) is 0. The minimum absolute atomic E-state index is 0.388. The van der Waals surface area contributed by atoms with Gasteiger partial charge in [0.1, 0.15) is 0 Å². The Hall–Kier alpha value is -1.71. The first-order valence-corrected chi connectivity index (χ1v) is 7.13. The Balaban J connectivity index is 1.93. The fourth-order valence-electron chi connectivity index (χ4n) is 3.65. The second-order valence-corrected chi connectivity index (χ2v) is 5.73. The predicted octanol–water partition coefficient (Wildman–Crippen LogP) is 2.14. The number of nitrogens with zero attached hydrogens (tertiary/aromatic N) is 1. The molecule has 1 aromatic carbocycles. The second kappa shape index (κ2) is 4.76. The first-order chi connectivity index (χ1) is 9.16. The smallest absolute Gasteiger partial charge is 0.248 e. The zero-order chi connectivity index (χ0) is 13.4. The van der Waals surface area contributed by atoms with Gasteiger partial charge in [0.15, 0.2) is 0 Å². The number of hydrogen-bond acceptors (Lipinski definition) is 3. The Labute approximate surface area is 113 Å². The lowest BCUT2D eigenvalue weighted by Gasteiger charge is -2.34. The Morgan fingerprint density at radius 3 is 2.79 bits per heavy atom. The van der Waals surface area contributed by atoms with Gasteiger partial charge < -0.3 is 16.4 Å². The van der Waals surface area contributed by atoms with Crippen LogP contribution >= 0.6 is 0 Å². The van der Waals surface area contributed by atoms with Crippen molar-refractivity contribution in [2.24, 2.45) is 11.7 Å². The molecule has 2 fully saturated rings. The maximum atomic E-state index is 11.3. The van der Waals surface area contributed by atoms with Crippen LogP contribution in [0, 0.1) is 5.92 Å². The van der Waals surface area contributed by atoms with Crippen molar-refractivity contribution in [3.05, 3.63) is 23.8 Å². The van der Waals surface area contributed by atoms with Gasteiger partial charge in [-0.05, 0) is 43.4 Å². The molecule has 102 valence electrons. The topological polar surface area (TPSA) is 72.3 Å². The van der Waals surface area contributed by atoms with E-state index in [1.54, 1.807) is 12.1 Å². The van der Waals surface area contributed by atoms with Crippen molar-refractivity contribution >= 4 is 17.3 Å². The SMILES string of the molecule is NC(=O)c1ccc(N)c(N2CCC3CCCCC32)c1. The number of fused-ring (bicyclic) bond motifs is 1. The standard InChI is InChI=1S/C15H21N3O/c16-12-6-5-11(15(17)19)9-14(12)18-8-7-10-3-1-2-4-13(10)18/h5-6,9-10,13H,1-4,7-8,16H2,(H2,17,19). The van der Waals surface area contributed by atoms with Gasteiger partial charge in [0.25, 0.3) is 0 Å². The minimum atomic E-state index is -0.388. The molecule has 0 radical (unpaired) electrons. The summed E-state index contributed by atoms with van der Waals surface area (Å²) in [6, 6.07) is 5.95. The van der Waals surface area contributed by atoms with Crippen molar-refractivity contribution in [2.75, 3.05) is 17.2 Å². The summed E-state index contributed by atoms with van der Waals surface area (Å²) in [6.45, 7) is 1.04. The summed E-state index contributed by atoms with van der Waals surface area (Å²) in [5, 5.41) is 0. The van der Waals surface area contributed by atoms with E-state index in [0.29, 0.717) is 11.6 Å². The number of nitrogen functional groups attached to an aromatic ring is 1. The summed E-state index contributed by atoms with van der Waals surface area (Å²) in [5.74, 6) is 0.408. The molecule has 2 aliphatic rings. The number of anilines is 2. The zero-order valence-corrected chi connectivity index (χ0v) is 11.1. The molecule has 1 aromatic rings. The molecular weight excluding hydrogens is 238 g/mol. The molecule has 0 bridgehead atoms. The van der Waals surface area contributed by atoms with E-state index in [0.717, 1.165) is 23.8 Å². The third kappa shape index (κ3) is 2.15. The molecule has 0 spiro atoms. The summed E-state index contributed by atoms with van der Waals surface area (Å²) in [5.41, 5.74) is 13.7. The molecule has 1 amide bonds. The minimum Gasteiger partial charge on any atom is -0.397 e. The summed E-state index contributed by atoms with van der Waals surface area (Å²) in [4.78, 5) is 13.7. The van der Waals surface area contributed by atoms with Gasteiger partial charge in [0.2, 0.25) is 5.91 Å². The Bertz CT molecular complexity index is 500. The third-order valence-electron chi connectivity index (χ3n) is 4.63. The van der Waals surface area contributed by atoms with Crippen LogP contribution in [0.15, 0.2) is 18.2 Å². The molecule has 3 rings (SSSR count). The van der Waals surface area contributed by atoms with Crippen LogP contribution in [0.1, 0.15) is 42.5 Å². The quantitative estimate of drug-likeness (QED) is 0.799. The first-order valence-electron chi connectivity index (χ1n) is 7.13. The molecule has 2 atom stereocenters. The Morgan fingerprint density at radius 2 is 2.00 bits per heavy atom. The predicted molar refractivity (Wildman–Crippen MR) is 77.1 cm³/mol. The van der Waals surface area contributed by atoms with Gasteiger partial charge in [0.05, 0.1) is 11.4 Å². The number of benzene rings is 1. The van der Waals surface area contributed by atoms with Crippen molar-refractivity contribution < 1.29 is 4.79 Å². The van der Waals surface area contributed by atoms with E-state index < -0.39 is 0 Å². The van der Waals surface area contributed by atoms with Crippen LogP contribution in [-0.2, 0) is 0 Å². The average molecular weight is 259 g/mol. The van der Waals surface area contributed by atoms with Crippen LogP contribution in [-0.4, -0.2) is 18.5 Å². The number of hydrogen-bond donors (Lipinski definition) is 2. The van der Waals surface area contributed by atoms with Gasteiger partial charge in [-0.3, -0.25) is 4.79 Å². The number of amides is 1. The Kier molecular flexibility index (Phi) is 3.09. The average Bonchev–Trinajstić information content (AvgIpc) is 2.83. The molecule has 1 aliphatic heterocycles. The van der Waals surface area contributed by atoms with Crippen molar-refractivity contribution in [3.8, 4) is 0 Å². The van der Waals surface area contributed by atoms with Gasteiger partial charge in [-0.1, -0.05) is 12.8 Å². The van der Waals surface area contributed by atoms with E-state index in [-0.39, 0.29) is 5.91 Å². The van der Waals surface area contributed by atoms with Crippen molar-refractivity contribution in [2.45, 2.75) is 38.1 Å². The van der Waals surface area contributed by atoms with Crippen LogP contribution in [0.5, 0.6) is 0 Å². The first kappa shape index (κ1) is 12.3. The molecule has 1 saturated heterocycles. The van der Waals surface area contributed by atoms with Gasteiger partial charge in [0, 0.05) is 18.2 Å². The Morgan fingerprint density at radius 1 is 1.21 bits per heavy atom. The van der Waals surface area contributed by atoms with Crippen LogP contribution in [0.3, 0.4) is 0 Å². The van der Waals surface area contributed by atoms with Crippen molar-refractivity contribution in [1.29, 1.82) is 0 Å². The fraction of sp³-hybridized carbons (Fsp3) is 0.533. The highest BCUT2D eigenvalue weighted by Crippen LogP contribution is 2.40. The molecule has 2 unspecified atom stereocenters. The maximum absolute atomic E-state index is 11.3. The molecular formula is C15H21N3O. The lowest BCUT2D eigenvalue weighted by Crippen LogP contribution is -2.35. The third-order valence-corrected chi connectivity index (χ3v) is 4.63. The molecule has 4 nitrogen and oxygen atoms in total. The number of rotatable bonds is 2. The summed E-state index contributed by atoms with van der Waals surface area (Å²) in [6.07, 6.45) is 6.46. The van der Waals surface area contributed by atoms with Crippen LogP contribution < -0.4 is 16.4 Å². The van der Waals surface area contributed by atoms with Crippen LogP contribution in [0.2, 0.25) is 0 Å². The van der Waals surface area contributed by atoms with Crippen LogP contribution in [0.25, 0.3) is 0 Å². The largest absolute Gasteiger partial charge is 0.397 e. The molecule has 0 aromatic heterocycles. The molecule has 19 heavy (non-hydrogen) atoms. The monoisotopic (exact) mass is 259 g/mol. The lowest BCUT2D eigenvalue weighted by atomic mass is 9.85. The number of carbonyl (C=O) groups excluding carboxylic acids is 1. The van der Waals surface area contributed by atoms with E-state index >= 15 is 0 Å². The summed E-state index contributed by atoms with van der Waals surface area (Å²) >= 11 is 0. The van der Waals surface area contributed by atoms with E-state index in [2.05, 4.69) is 4.90 Å². The van der Waals surface area contributed by atoms with E-state index in [1.807, 2.05) is 6.07 Å². The zero-order valence-electron chi connectivity index (χ0n) is 11.1. The van der Waals surface area contributed by atoms with Crippen molar-refractivity contribution in [1.82, 2.24) is 0 Å². The maximum Gasteiger partial charge on any atom is 0.248 e. The highest BCUT2D eigenvalue weighted by atomic mass is 16.1. The fourth-order valence-corrected chi connectivity index (χ4v) is 3.65. The van der Waals surface area contributed by atoms with Gasteiger partial charge in [-0.15, -0.1) is 0 Å². The van der Waals surface area contributed by atoms with Gasteiger partial charge in [-0.2, -0.15) is 0 Å². The molecule has 1 aliphatic carbocycles. The molecule has 1 saturated carbocycles. The van der Waals surface area contributed by atoms with Gasteiger partial charge >= 0.3 is 0 Å². The van der Waals surface area contributed by atoms with Crippen molar-refractivity contribution in [3.63, 3.8) is 0 Å². The number of carbonyl (C=O) groups is 1. The van der Waals surface area contributed by atoms with E-state index in [1.165, 1.54) is 32.1 Å². The highest BCUT2D eigenvalue weighted by molar-refractivity contribution is 5.95. The van der Waals surface area contributed by atoms with Crippen LogP contribution in [0.4, 0.5) is 11.4 Å². The lowest BCUT2D eigenvalue weighted by molar-refractivity contribution is 0.100.